The SMILES string of the molecule is O=C(CCc1ccccc1)N1CCC(O)(c2csc(CN3CCN(c4ccccn4)CC3)n2)CC1. The van der Waals surface area contributed by atoms with Crippen LogP contribution in [0.4, 0.5) is 5.82 Å². The normalized spacial score (nSPS) is 18.5. The topological polar surface area (TPSA) is 72.8 Å². The molecule has 1 N–H and O–H groups in total. The lowest BCUT2D eigenvalue weighted by Gasteiger charge is -2.37. The Morgan fingerprint density at radius 3 is 2.43 bits per heavy atom. The van der Waals surface area contributed by atoms with E-state index in [9.17, 15) is 9.90 Å². The molecule has 35 heavy (non-hydrogen) atoms. The van der Waals surface area contributed by atoms with Crippen molar-refractivity contribution < 1.29 is 9.90 Å². The van der Waals surface area contributed by atoms with Crippen LogP contribution in [-0.4, -0.2) is 70.1 Å². The van der Waals surface area contributed by atoms with E-state index in [0.717, 1.165) is 55.7 Å². The van der Waals surface area contributed by atoms with E-state index < -0.39 is 5.60 Å². The van der Waals surface area contributed by atoms with Gasteiger partial charge in [-0.1, -0.05) is 36.4 Å². The van der Waals surface area contributed by atoms with Gasteiger partial charge in [-0.05, 0) is 37.0 Å². The van der Waals surface area contributed by atoms with E-state index in [4.69, 9.17) is 4.98 Å². The number of thiazole rings is 1. The number of carbonyl (C=O) groups excluding carboxylic acids is 1. The quantitative estimate of drug-likeness (QED) is 0.547. The van der Waals surface area contributed by atoms with E-state index in [2.05, 4.69) is 33.0 Å². The van der Waals surface area contributed by atoms with Crippen molar-refractivity contribution in [2.75, 3.05) is 44.2 Å². The summed E-state index contributed by atoms with van der Waals surface area (Å²) < 4.78 is 0. The van der Waals surface area contributed by atoms with E-state index in [-0.39, 0.29) is 5.91 Å². The van der Waals surface area contributed by atoms with Crippen LogP contribution in [0.15, 0.2) is 60.1 Å². The van der Waals surface area contributed by atoms with E-state index in [1.165, 1.54) is 5.56 Å². The fraction of sp³-hybridized carbons (Fsp3) is 0.444. The van der Waals surface area contributed by atoms with E-state index in [1.54, 1.807) is 11.3 Å². The first-order valence-corrected chi connectivity index (χ1v) is 13.3. The molecule has 0 radical (unpaired) electrons. The van der Waals surface area contributed by atoms with Gasteiger partial charge < -0.3 is 14.9 Å². The summed E-state index contributed by atoms with van der Waals surface area (Å²) in [6.07, 6.45) is 4.18. The highest BCUT2D eigenvalue weighted by Crippen LogP contribution is 2.34. The average molecular weight is 492 g/mol. The summed E-state index contributed by atoms with van der Waals surface area (Å²) >= 11 is 1.63. The smallest absolute Gasteiger partial charge is 0.222 e. The maximum Gasteiger partial charge on any atom is 0.222 e. The van der Waals surface area contributed by atoms with Crippen molar-refractivity contribution >= 4 is 23.1 Å². The zero-order chi connectivity index (χ0) is 24.1. The molecule has 0 bridgehead atoms. The summed E-state index contributed by atoms with van der Waals surface area (Å²) in [5.41, 5.74) is 1.01. The number of piperazine rings is 1. The third kappa shape index (κ3) is 5.89. The lowest BCUT2D eigenvalue weighted by atomic mass is 9.88. The Morgan fingerprint density at radius 1 is 0.971 bits per heavy atom. The second-order valence-corrected chi connectivity index (χ2v) is 10.4. The van der Waals surface area contributed by atoms with Crippen LogP contribution in [0.2, 0.25) is 0 Å². The minimum Gasteiger partial charge on any atom is -0.383 e. The molecule has 8 heteroatoms. The molecule has 2 saturated heterocycles. The predicted octanol–water partition coefficient (Wildman–Crippen LogP) is 3.30. The number of anilines is 1. The van der Waals surface area contributed by atoms with Gasteiger partial charge in [0.05, 0.1) is 12.2 Å². The molecule has 2 aliphatic rings. The second-order valence-electron chi connectivity index (χ2n) is 9.48. The largest absolute Gasteiger partial charge is 0.383 e. The lowest BCUT2D eigenvalue weighted by Crippen LogP contribution is -2.46. The molecular weight excluding hydrogens is 458 g/mol. The molecule has 0 unspecified atom stereocenters. The minimum absolute atomic E-state index is 0.166. The van der Waals surface area contributed by atoms with Crippen LogP contribution in [0.25, 0.3) is 0 Å². The van der Waals surface area contributed by atoms with Crippen LogP contribution in [0, 0.1) is 0 Å². The van der Waals surface area contributed by atoms with Gasteiger partial charge in [0.25, 0.3) is 0 Å². The molecule has 0 saturated carbocycles. The molecule has 1 amide bonds. The number of benzene rings is 1. The Hall–Kier alpha value is -2.81. The fourth-order valence-corrected chi connectivity index (χ4v) is 5.83. The minimum atomic E-state index is -0.942. The maximum atomic E-state index is 12.7. The molecule has 2 aromatic heterocycles. The Morgan fingerprint density at radius 2 is 1.71 bits per heavy atom. The Balaban J connectivity index is 1.09. The van der Waals surface area contributed by atoms with E-state index in [1.807, 2.05) is 46.8 Å². The highest BCUT2D eigenvalue weighted by molar-refractivity contribution is 7.09. The number of likely N-dealkylation sites (tertiary alicyclic amines) is 1. The Bertz CT molecular complexity index is 1090. The zero-order valence-corrected chi connectivity index (χ0v) is 20.9. The van der Waals surface area contributed by atoms with Crippen molar-refractivity contribution in [1.82, 2.24) is 19.8 Å². The molecule has 184 valence electrons. The first kappa shape index (κ1) is 23.9. The van der Waals surface area contributed by atoms with Crippen molar-refractivity contribution in [2.45, 2.75) is 37.8 Å². The summed E-state index contributed by atoms with van der Waals surface area (Å²) in [6, 6.07) is 16.2. The molecule has 4 heterocycles. The summed E-state index contributed by atoms with van der Waals surface area (Å²) in [5.74, 6) is 1.20. The van der Waals surface area contributed by atoms with Gasteiger partial charge in [-0.2, -0.15) is 0 Å². The van der Waals surface area contributed by atoms with Crippen molar-refractivity contribution in [3.05, 3.63) is 76.4 Å². The number of pyridine rings is 1. The number of aliphatic hydroxyl groups is 1. The monoisotopic (exact) mass is 491 g/mol. The Labute approximate surface area is 211 Å². The number of piperidine rings is 1. The third-order valence-electron chi connectivity index (χ3n) is 7.15. The van der Waals surface area contributed by atoms with Crippen molar-refractivity contribution in [1.29, 1.82) is 0 Å². The van der Waals surface area contributed by atoms with Gasteiger partial charge in [0, 0.05) is 57.3 Å². The summed E-state index contributed by atoms with van der Waals surface area (Å²) in [4.78, 5) is 28.6. The van der Waals surface area contributed by atoms with Crippen molar-refractivity contribution in [3.8, 4) is 0 Å². The van der Waals surface area contributed by atoms with Gasteiger partial charge in [-0.25, -0.2) is 9.97 Å². The lowest BCUT2D eigenvalue weighted by molar-refractivity contribution is -0.135. The number of carbonyl (C=O) groups is 1. The van der Waals surface area contributed by atoms with Gasteiger partial charge in [0.2, 0.25) is 5.91 Å². The molecule has 2 fully saturated rings. The summed E-state index contributed by atoms with van der Waals surface area (Å²) in [6.45, 7) is 5.80. The molecule has 2 aliphatic heterocycles. The van der Waals surface area contributed by atoms with Gasteiger partial charge in [0.1, 0.15) is 16.4 Å². The van der Waals surface area contributed by atoms with Crippen LogP contribution in [0.5, 0.6) is 0 Å². The van der Waals surface area contributed by atoms with Crippen LogP contribution in [0.1, 0.15) is 35.5 Å². The number of hydrogen-bond acceptors (Lipinski definition) is 7. The molecule has 3 aromatic rings. The maximum absolute atomic E-state index is 12.7. The van der Waals surface area contributed by atoms with Crippen LogP contribution in [-0.2, 0) is 23.4 Å². The molecule has 0 atom stereocenters. The summed E-state index contributed by atoms with van der Waals surface area (Å²) in [5, 5.41) is 14.4. The first-order chi connectivity index (χ1) is 17.1. The average Bonchev–Trinajstić information content (AvgIpc) is 3.39. The highest BCUT2D eigenvalue weighted by atomic mass is 32.1. The first-order valence-electron chi connectivity index (χ1n) is 12.5. The van der Waals surface area contributed by atoms with Crippen LogP contribution < -0.4 is 4.90 Å². The van der Waals surface area contributed by atoms with Gasteiger partial charge in [-0.15, -0.1) is 11.3 Å². The number of rotatable bonds is 7. The third-order valence-corrected chi connectivity index (χ3v) is 7.98. The number of aryl methyl sites for hydroxylation is 1. The summed E-state index contributed by atoms with van der Waals surface area (Å²) in [7, 11) is 0. The molecule has 0 aliphatic carbocycles. The Kier molecular flexibility index (Phi) is 7.41. The molecule has 1 aromatic carbocycles. The van der Waals surface area contributed by atoms with Crippen LogP contribution in [0.3, 0.4) is 0 Å². The predicted molar refractivity (Wildman–Crippen MR) is 138 cm³/mol. The van der Waals surface area contributed by atoms with Gasteiger partial charge in [0.15, 0.2) is 0 Å². The van der Waals surface area contributed by atoms with E-state index >= 15 is 0 Å². The molecule has 5 rings (SSSR count). The van der Waals surface area contributed by atoms with E-state index in [0.29, 0.717) is 32.4 Å². The molecule has 0 spiro atoms. The number of aromatic nitrogens is 2. The molecule has 7 nitrogen and oxygen atoms in total. The zero-order valence-electron chi connectivity index (χ0n) is 20.1. The van der Waals surface area contributed by atoms with Crippen molar-refractivity contribution in [3.63, 3.8) is 0 Å². The number of hydrogen-bond donors (Lipinski definition) is 1. The van der Waals surface area contributed by atoms with Gasteiger partial charge in [-0.3, -0.25) is 9.69 Å². The molecular formula is C27H33N5O2S. The fourth-order valence-electron chi connectivity index (χ4n) is 4.90. The number of nitrogens with zero attached hydrogens (tertiary/aromatic N) is 5. The second kappa shape index (κ2) is 10.8. The van der Waals surface area contributed by atoms with Gasteiger partial charge >= 0.3 is 0 Å². The van der Waals surface area contributed by atoms with Crippen LogP contribution >= 0.6 is 11.3 Å². The standard InChI is InChI=1S/C27H33N5O2S/c33-26(10-9-22-6-2-1-3-7-22)32-14-11-27(34,12-15-32)23-21-35-25(29-23)20-30-16-18-31(19-17-30)24-8-4-5-13-28-24/h1-8,13,21,34H,9-12,14-20H2. The number of amides is 1. The van der Waals surface area contributed by atoms with Crippen molar-refractivity contribution in [2.24, 2.45) is 0 Å². The highest BCUT2D eigenvalue weighted by Gasteiger charge is 2.37.